The van der Waals surface area contributed by atoms with Crippen molar-refractivity contribution >= 4 is 34.9 Å². The van der Waals surface area contributed by atoms with Crippen LogP contribution in [-0.2, 0) is 9.53 Å². The first-order valence-electron chi connectivity index (χ1n) is 7.79. The molecule has 0 radical (unpaired) electrons. The number of halogens is 1. The molecule has 0 saturated heterocycles. The van der Waals surface area contributed by atoms with E-state index in [2.05, 4.69) is 5.32 Å². The smallest absolute Gasteiger partial charge is 0.338 e. The molecule has 0 saturated carbocycles. The topological polar surface area (TPSA) is 98.5 Å². The Morgan fingerprint density at radius 3 is 2.42 bits per heavy atom. The Labute approximate surface area is 155 Å². The van der Waals surface area contributed by atoms with Crippen LogP contribution < -0.4 is 5.32 Å². The second-order valence-electron chi connectivity index (χ2n) is 5.82. The Morgan fingerprint density at radius 2 is 1.85 bits per heavy atom. The lowest BCUT2D eigenvalue weighted by molar-refractivity contribution is -0.383. The molecule has 0 unspecified atom stereocenters. The van der Waals surface area contributed by atoms with Crippen molar-refractivity contribution in [2.75, 3.05) is 11.9 Å². The van der Waals surface area contributed by atoms with Crippen molar-refractivity contribution < 1.29 is 19.2 Å². The third kappa shape index (κ3) is 5.03. The highest BCUT2D eigenvalue weighted by Gasteiger charge is 2.17. The first-order chi connectivity index (χ1) is 12.3. The fraction of sp³-hybridized carbons (Fsp3) is 0.222. The molecule has 0 aliphatic rings. The van der Waals surface area contributed by atoms with Gasteiger partial charge in [-0.05, 0) is 35.7 Å². The number of hydrogen-bond acceptors (Lipinski definition) is 5. The summed E-state index contributed by atoms with van der Waals surface area (Å²) < 4.78 is 4.94. The molecule has 0 aromatic heterocycles. The van der Waals surface area contributed by atoms with Gasteiger partial charge in [0.05, 0.1) is 10.5 Å². The van der Waals surface area contributed by atoms with Crippen molar-refractivity contribution in [3.63, 3.8) is 0 Å². The Bertz CT molecular complexity index is 834. The first-order valence-corrected chi connectivity index (χ1v) is 8.16. The monoisotopic (exact) mass is 376 g/mol. The number of esters is 1. The molecule has 7 nitrogen and oxygen atoms in total. The van der Waals surface area contributed by atoms with Crippen LogP contribution in [0.4, 0.5) is 11.4 Å². The highest BCUT2D eigenvalue weighted by molar-refractivity contribution is 6.31. The van der Waals surface area contributed by atoms with E-state index in [1.165, 1.54) is 12.1 Å². The van der Waals surface area contributed by atoms with Gasteiger partial charge in [-0.25, -0.2) is 4.79 Å². The molecule has 8 heteroatoms. The molecule has 0 fully saturated rings. The number of carbonyl (C=O) groups is 2. The molecule has 1 amide bonds. The molecule has 136 valence electrons. The van der Waals surface area contributed by atoms with Crippen LogP contribution in [0.5, 0.6) is 0 Å². The van der Waals surface area contributed by atoms with E-state index in [1.807, 2.05) is 26.0 Å². The quantitative estimate of drug-likeness (QED) is 0.463. The van der Waals surface area contributed by atoms with Crippen LogP contribution in [-0.4, -0.2) is 23.4 Å². The van der Waals surface area contributed by atoms with Crippen LogP contribution in [0, 0.1) is 10.1 Å². The van der Waals surface area contributed by atoms with E-state index >= 15 is 0 Å². The van der Waals surface area contributed by atoms with Crippen LogP contribution in [0.15, 0.2) is 42.5 Å². The van der Waals surface area contributed by atoms with Crippen LogP contribution in [0.1, 0.15) is 35.7 Å². The highest BCUT2D eigenvalue weighted by Crippen LogP contribution is 2.27. The molecular formula is C18H17ClN2O5. The third-order valence-corrected chi connectivity index (χ3v) is 3.81. The average molecular weight is 377 g/mol. The minimum absolute atomic E-state index is 0.0262. The molecule has 0 aliphatic carbocycles. The summed E-state index contributed by atoms with van der Waals surface area (Å²) in [4.78, 5) is 34.2. The molecular weight excluding hydrogens is 360 g/mol. The van der Waals surface area contributed by atoms with Gasteiger partial charge in [0.25, 0.3) is 11.6 Å². The summed E-state index contributed by atoms with van der Waals surface area (Å²) in [5.74, 6) is -1.01. The maximum Gasteiger partial charge on any atom is 0.338 e. The first kappa shape index (κ1) is 19.4. The zero-order valence-corrected chi connectivity index (χ0v) is 14.9. The van der Waals surface area contributed by atoms with Gasteiger partial charge in [0.15, 0.2) is 6.61 Å². The summed E-state index contributed by atoms with van der Waals surface area (Å²) in [5.41, 5.74) is 1.03. The standard InChI is InChI=1S/C18H17ClN2O5/c1-11(2)12-3-5-13(6-4-12)18(23)26-10-17(22)20-15-8-7-14(19)9-16(15)21(24)25/h3-9,11H,10H2,1-2H3,(H,20,22). The van der Waals surface area contributed by atoms with Gasteiger partial charge >= 0.3 is 5.97 Å². The summed E-state index contributed by atoms with van der Waals surface area (Å²) in [5, 5.41) is 13.5. The number of rotatable bonds is 6. The number of nitrogens with one attached hydrogen (secondary N) is 1. The lowest BCUT2D eigenvalue weighted by atomic mass is 10.0. The third-order valence-electron chi connectivity index (χ3n) is 3.58. The molecule has 26 heavy (non-hydrogen) atoms. The van der Waals surface area contributed by atoms with Crippen LogP contribution >= 0.6 is 11.6 Å². The van der Waals surface area contributed by atoms with E-state index in [-0.39, 0.29) is 16.4 Å². The van der Waals surface area contributed by atoms with Gasteiger partial charge < -0.3 is 10.1 Å². The number of amides is 1. The van der Waals surface area contributed by atoms with Gasteiger partial charge in [-0.15, -0.1) is 0 Å². The number of carbonyl (C=O) groups excluding carboxylic acids is 2. The normalized spacial score (nSPS) is 10.5. The number of ether oxygens (including phenoxy) is 1. The Balaban J connectivity index is 1.96. The lowest BCUT2D eigenvalue weighted by Crippen LogP contribution is -2.21. The van der Waals surface area contributed by atoms with Crippen LogP contribution in [0.3, 0.4) is 0 Å². The average Bonchev–Trinajstić information content (AvgIpc) is 2.61. The van der Waals surface area contributed by atoms with Crippen molar-refractivity contribution in [3.8, 4) is 0 Å². The molecule has 2 aromatic carbocycles. The number of nitro benzene ring substituents is 1. The number of nitrogens with zero attached hydrogens (tertiary/aromatic N) is 1. The number of benzene rings is 2. The van der Waals surface area contributed by atoms with Crippen molar-refractivity contribution in [1.29, 1.82) is 0 Å². The summed E-state index contributed by atoms with van der Waals surface area (Å²) in [6.45, 7) is 3.51. The highest BCUT2D eigenvalue weighted by atomic mass is 35.5. The number of nitro groups is 1. The van der Waals surface area contributed by atoms with E-state index in [0.717, 1.165) is 11.6 Å². The molecule has 0 bridgehead atoms. The van der Waals surface area contributed by atoms with Gasteiger partial charge in [0, 0.05) is 11.1 Å². The molecule has 0 aliphatic heterocycles. The van der Waals surface area contributed by atoms with Gasteiger partial charge in [0.2, 0.25) is 0 Å². The molecule has 0 atom stereocenters. The van der Waals surface area contributed by atoms with Gasteiger partial charge in [-0.3, -0.25) is 14.9 Å². The molecule has 2 rings (SSSR count). The van der Waals surface area contributed by atoms with E-state index in [0.29, 0.717) is 11.5 Å². The lowest BCUT2D eigenvalue weighted by Gasteiger charge is -2.08. The zero-order chi connectivity index (χ0) is 19.3. The maximum atomic E-state index is 12.0. The second kappa shape index (κ2) is 8.44. The molecule has 2 aromatic rings. The van der Waals surface area contributed by atoms with Gasteiger partial charge in [-0.1, -0.05) is 37.6 Å². The summed E-state index contributed by atoms with van der Waals surface area (Å²) in [6.07, 6.45) is 0. The van der Waals surface area contributed by atoms with Gasteiger partial charge in [-0.2, -0.15) is 0 Å². The Hall–Kier alpha value is -2.93. The van der Waals surface area contributed by atoms with Crippen molar-refractivity contribution in [2.24, 2.45) is 0 Å². The maximum absolute atomic E-state index is 12.0. The van der Waals surface area contributed by atoms with Crippen molar-refractivity contribution in [3.05, 3.63) is 68.7 Å². The largest absolute Gasteiger partial charge is 0.452 e. The minimum atomic E-state index is -0.692. The molecule has 1 N–H and O–H groups in total. The fourth-order valence-electron chi connectivity index (χ4n) is 2.17. The van der Waals surface area contributed by atoms with E-state index in [9.17, 15) is 19.7 Å². The van der Waals surface area contributed by atoms with Crippen LogP contribution in [0.25, 0.3) is 0 Å². The zero-order valence-electron chi connectivity index (χ0n) is 14.2. The summed E-state index contributed by atoms with van der Waals surface area (Å²) in [7, 11) is 0. The van der Waals surface area contributed by atoms with Crippen molar-refractivity contribution in [1.82, 2.24) is 0 Å². The number of hydrogen-bond donors (Lipinski definition) is 1. The SMILES string of the molecule is CC(C)c1ccc(C(=O)OCC(=O)Nc2ccc(Cl)cc2[N+](=O)[O-])cc1. The Kier molecular flexibility index (Phi) is 6.30. The summed E-state index contributed by atoms with van der Waals surface area (Å²) in [6, 6.07) is 10.7. The minimum Gasteiger partial charge on any atom is -0.452 e. The molecule has 0 heterocycles. The predicted molar refractivity (Wildman–Crippen MR) is 97.5 cm³/mol. The second-order valence-corrected chi connectivity index (χ2v) is 6.26. The van der Waals surface area contributed by atoms with Crippen molar-refractivity contribution in [2.45, 2.75) is 19.8 Å². The van der Waals surface area contributed by atoms with E-state index in [1.54, 1.807) is 12.1 Å². The fourth-order valence-corrected chi connectivity index (χ4v) is 2.33. The van der Waals surface area contributed by atoms with Gasteiger partial charge in [0.1, 0.15) is 5.69 Å². The van der Waals surface area contributed by atoms with Crippen LogP contribution in [0.2, 0.25) is 5.02 Å². The predicted octanol–water partition coefficient (Wildman–Crippen LogP) is 4.17. The van der Waals surface area contributed by atoms with E-state index < -0.39 is 23.4 Å². The summed E-state index contributed by atoms with van der Waals surface area (Å²) >= 11 is 5.71. The number of anilines is 1. The molecule has 0 spiro atoms. The Morgan fingerprint density at radius 1 is 1.19 bits per heavy atom. The van der Waals surface area contributed by atoms with E-state index in [4.69, 9.17) is 16.3 Å².